The van der Waals surface area contributed by atoms with Gasteiger partial charge in [0.15, 0.2) is 0 Å². The lowest BCUT2D eigenvalue weighted by Crippen LogP contribution is -2.11. The number of ketones is 1. The fourth-order valence-electron chi connectivity index (χ4n) is 1.38. The standard InChI is InChI=1S/C13H24O3/c1-3-5-7-8-9-12(14)11-13(15)16-10-6-4-2/h3-11H2,1-2H3. The predicted molar refractivity (Wildman–Crippen MR) is 64.3 cm³/mol. The first-order valence-corrected chi connectivity index (χ1v) is 6.38. The summed E-state index contributed by atoms with van der Waals surface area (Å²) in [5.41, 5.74) is 0. The highest BCUT2D eigenvalue weighted by atomic mass is 16.5. The van der Waals surface area contributed by atoms with Crippen molar-refractivity contribution in [3.8, 4) is 0 Å². The summed E-state index contributed by atoms with van der Waals surface area (Å²) in [6.07, 6.45) is 6.64. The molecule has 0 heterocycles. The van der Waals surface area contributed by atoms with Crippen molar-refractivity contribution in [1.29, 1.82) is 0 Å². The van der Waals surface area contributed by atoms with Crippen LogP contribution < -0.4 is 0 Å². The Bertz CT molecular complexity index is 199. The molecule has 0 fully saturated rings. The first kappa shape index (κ1) is 15.1. The van der Waals surface area contributed by atoms with E-state index < -0.39 is 0 Å². The van der Waals surface area contributed by atoms with E-state index in [1.165, 1.54) is 0 Å². The van der Waals surface area contributed by atoms with E-state index in [0.717, 1.165) is 38.5 Å². The summed E-state index contributed by atoms with van der Waals surface area (Å²) in [7, 11) is 0. The Morgan fingerprint density at radius 1 is 0.938 bits per heavy atom. The molecular weight excluding hydrogens is 204 g/mol. The summed E-state index contributed by atoms with van der Waals surface area (Å²) in [5.74, 6) is -0.355. The highest BCUT2D eigenvalue weighted by Gasteiger charge is 2.09. The van der Waals surface area contributed by atoms with E-state index in [4.69, 9.17) is 4.74 Å². The minimum atomic E-state index is -0.367. The number of hydrogen-bond acceptors (Lipinski definition) is 3. The highest BCUT2D eigenvalue weighted by molar-refractivity contribution is 5.95. The van der Waals surface area contributed by atoms with Gasteiger partial charge in [-0.1, -0.05) is 39.5 Å². The second-order valence-corrected chi connectivity index (χ2v) is 4.10. The Morgan fingerprint density at radius 3 is 2.25 bits per heavy atom. The third-order valence-electron chi connectivity index (χ3n) is 2.41. The molecule has 0 radical (unpaired) electrons. The zero-order chi connectivity index (χ0) is 12.2. The topological polar surface area (TPSA) is 43.4 Å². The largest absolute Gasteiger partial charge is 0.465 e. The summed E-state index contributed by atoms with van der Waals surface area (Å²) in [6.45, 7) is 4.61. The maximum atomic E-state index is 11.3. The molecule has 0 aliphatic heterocycles. The van der Waals surface area contributed by atoms with E-state index in [0.29, 0.717) is 13.0 Å². The van der Waals surface area contributed by atoms with Crippen LogP contribution in [0, 0.1) is 0 Å². The molecule has 0 aromatic rings. The van der Waals surface area contributed by atoms with Gasteiger partial charge in [-0.25, -0.2) is 0 Å². The maximum Gasteiger partial charge on any atom is 0.313 e. The number of Topliss-reactive ketones (excluding diaryl/α,β-unsaturated/α-hetero) is 1. The SMILES string of the molecule is CCCCCCC(=O)CC(=O)OCCCC. The first-order valence-electron chi connectivity index (χ1n) is 6.38. The zero-order valence-corrected chi connectivity index (χ0v) is 10.6. The smallest absolute Gasteiger partial charge is 0.313 e. The molecule has 3 nitrogen and oxygen atoms in total. The van der Waals surface area contributed by atoms with Gasteiger partial charge in [0.05, 0.1) is 6.61 Å². The van der Waals surface area contributed by atoms with E-state index in [1.807, 2.05) is 6.92 Å². The van der Waals surface area contributed by atoms with Crippen LogP contribution in [0.2, 0.25) is 0 Å². The van der Waals surface area contributed by atoms with Crippen molar-refractivity contribution in [2.45, 2.75) is 65.2 Å². The summed E-state index contributed by atoms with van der Waals surface area (Å²) >= 11 is 0. The van der Waals surface area contributed by atoms with Crippen LogP contribution in [-0.4, -0.2) is 18.4 Å². The van der Waals surface area contributed by atoms with E-state index in [2.05, 4.69) is 6.92 Å². The third kappa shape index (κ3) is 9.69. The molecule has 0 unspecified atom stereocenters. The lowest BCUT2D eigenvalue weighted by Gasteiger charge is -2.03. The first-order chi connectivity index (χ1) is 7.70. The normalized spacial score (nSPS) is 10.1. The Morgan fingerprint density at radius 2 is 1.62 bits per heavy atom. The van der Waals surface area contributed by atoms with Crippen molar-refractivity contribution in [3.63, 3.8) is 0 Å². The second-order valence-electron chi connectivity index (χ2n) is 4.10. The quantitative estimate of drug-likeness (QED) is 0.327. The number of ether oxygens (including phenoxy) is 1. The lowest BCUT2D eigenvalue weighted by molar-refractivity contribution is -0.146. The molecule has 0 spiro atoms. The molecule has 0 N–H and O–H groups in total. The van der Waals surface area contributed by atoms with Gasteiger partial charge in [-0.3, -0.25) is 9.59 Å². The van der Waals surface area contributed by atoms with E-state index in [1.54, 1.807) is 0 Å². The Hall–Kier alpha value is -0.860. The molecule has 0 saturated carbocycles. The van der Waals surface area contributed by atoms with Crippen molar-refractivity contribution >= 4 is 11.8 Å². The van der Waals surface area contributed by atoms with Gasteiger partial charge in [-0.05, 0) is 12.8 Å². The molecule has 0 rings (SSSR count). The maximum absolute atomic E-state index is 11.3. The number of esters is 1. The average Bonchev–Trinajstić information content (AvgIpc) is 2.25. The number of unbranched alkanes of at least 4 members (excludes halogenated alkanes) is 4. The van der Waals surface area contributed by atoms with Crippen LogP contribution in [0.1, 0.15) is 65.2 Å². The van der Waals surface area contributed by atoms with Gasteiger partial charge in [0, 0.05) is 6.42 Å². The second kappa shape index (κ2) is 10.7. The van der Waals surface area contributed by atoms with Gasteiger partial charge in [-0.2, -0.15) is 0 Å². The van der Waals surface area contributed by atoms with Crippen LogP contribution >= 0.6 is 0 Å². The van der Waals surface area contributed by atoms with Crippen LogP contribution in [0.3, 0.4) is 0 Å². The Kier molecular flexibility index (Phi) is 10.1. The van der Waals surface area contributed by atoms with Crippen LogP contribution in [0.4, 0.5) is 0 Å². The predicted octanol–water partition coefficient (Wildman–Crippen LogP) is 3.26. The third-order valence-corrected chi connectivity index (χ3v) is 2.41. The van der Waals surface area contributed by atoms with Crippen LogP contribution in [-0.2, 0) is 14.3 Å². The molecule has 0 aromatic carbocycles. The molecule has 94 valence electrons. The molecule has 0 aliphatic rings. The monoisotopic (exact) mass is 228 g/mol. The van der Waals surface area contributed by atoms with Gasteiger partial charge in [0.25, 0.3) is 0 Å². The van der Waals surface area contributed by atoms with Crippen LogP contribution in [0.5, 0.6) is 0 Å². The lowest BCUT2D eigenvalue weighted by atomic mass is 10.1. The summed E-state index contributed by atoms with van der Waals surface area (Å²) in [4.78, 5) is 22.5. The summed E-state index contributed by atoms with van der Waals surface area (Å²) < 4.78 is 4.92. The molecule has 0 aromatic heterocycles. The van der Waals surface area contributed by atoms with E-state index in [9.17, 15) is 9.59 Å². The van der Waals surface area contributed by atoms with Crippen LogP contribution in [0.15, 0.2) is 0 Å². The van der Waals surface area contributed by atoms with Gasteiger partial charge in [0.2, 0.25) is 0 Å². The van der Waals surface area contributed by atoms with Crippen molar-refractivity contribution in [2.24, 2.45) is 0 Å². The summed E-state index contributed by atoms with van der Waals surface area (Å²) in [5, 5.41) is 0. The highest BCUT2D eigenvalue weighted by Crippen LogP contribution is 2.05. The van der Waals surface area contributed by atoms with Gasteiger partial charge >= 0.3 is 5.97 Å². The molecule has 0 aliphatic carbocycles. The van der Waals surface area contributed by atoms with Crippen molar-refractivity contribution < 1.29 is 14.3 Å². The fraction of sp³-hybridized carbons (Fsp3) is 0.846. The average molecular weight is 228 g/mol. The number of carbonyl (C=O) groups excluding carboxylic acids is 2. The van der Waals surface area contributed by atoms with Gasteiger partial charge < -0.3 is 4.74 Å². The molecule has 0 amide bonds. The number of rotatable bonds is 10. The molecule has 0 saturated heterocycles. The number of hydrogen-bond donors (Lipinski definition) is 0. The molecular formula is C13H24O3. The Balaban J connectivity index is 3.43. The van der Waals surface area contributed by atoms with Crippen molar-refractivity contribution in [3.05, 3.63) is 0 Å². The molecule has 0 bridgehead atoms. The Labute approximate surface area is 98.6 Å². The minimum absolute atomic E-state index is 0.0117. The molecule has 16 heavy (non-hydrogen) atoms. The van der Waals surface area contributed by atoms with Crippen molar-refractivity contribution in [2.75, 3.05) is 6.61 Å². The fourth-order valence-corrected chi connectivity index (χ4v) is 1.38. The van der Waals surface area contributed by atoms with Gasteiger partial charge in [-0.15, -0.1) is 0 Å². The summed E-state index contributed by atoms with van der Waals surface area (Å²) in [6, 6.07) is 0. The van der Waals surface area contributed by atoms with E-state index in [-0.39, 0.29) is 18.2 Å². The van der Waals surface area contributed by atoms with Crippen molar-refractivity contribution in [1.82, 2.24) is 0 Å². The molecule has 3 heteroatoms. The minimum Gasteiger partial charge on any atom is -0.465 e. The van der Waals surface area contributed by atoms with Gasteiger partial charge in [0.1, 0.15) is 12.2 Å². The van der Waals surface area contributed by atoms with E-state index >= 15 is 0 Å². The molecule has 0 atom stereocenters. The zero-order valence-electron chi connectivity index (χ0n) is 10.6. The van der Waals surface area contributed by atoms with Crippen LogP contribution in [0.25, 0.3) is 0 Å². The number of carbonyl (C=O) groups is 2.